The van der Waals surface area contributed by atoms with Crippen LogP contribution in [0.5, 0.6) is 0 Å². The molecule has 1 rings (SSSR count). The van der Waals surface area contributed by atoms with Crippen LogP contribution in [0, 0.1) is 12.8 Å². The molecule has 0 saturated carbocycles. The fourth-order valence-electron chi connectivity index (χ4n) is 1.91. The monoisotopic (exact) mass is 450 g/mol. The van der Waals surface area contributed by atoms with E-state index in [0.717, 1.165) is 6.92 Å². The van der Waals surface area contributed by atoms with Crippen LogP contribution in [0.1, 0.15) is 38.7 Å². The summed E-state index contributed by atoms with van der Waals surface area (Å²) >= 11 is 4.67. The lowest BCUT2D eigenvalue weighted by Crippen LogP contribution is -2.34. The summed E-state index contributed by atoms with van der Waals surface area (Å²) in [6, 6.07) is 0. The van der Waals surface area contributed by atoms with Gasteiger partial charge in [-0.15, -0.1) is 0 Å². The molecular weight excluding hydrogens is 428 g/mol. The minimum absolute atomic E-state index is 0.0243. The van der Waals surface area contributed by atoms with Crippen molar-refractivity contribution in [3.63, 3.8) is 0 Å². The Kier molecular flexibility index (Phi) is 9.50. The Morgan fingerprint density at radius 1 is 1.14 bits per heavy atom. The quantitative estimate of drug-likeness (QED) is 0.319. The average molecular weight is 450 g/mol. The number of hydrogen-bond donors (Lipinski definition) is 1. The number of ketones is 1. The molecule has 12 heteroatoms. The van der Waals surface area contributed by atoms with Crippen LogP contribution in [-0.2, 0) is 35.2 Å². The van der Waals surface area contributed by atoms with Crippen LogP contribution in [0.4, 0.5) is 4.79 Å². The van der Waals surface area contributed by atoms with Crippen molar-refractivity contribution >= 4 is 47.4 Å². The molecule has 0 spiro atoms. The normalized spacial score (nSPS) is 12.2. The Morgan fingerprint density at radius 3 is 2.31 bits per heavy atom. The topological polar surface area (TPSA) is 139 Å². The Morgan fingerprint density at radius 2 is 1.79 bits per heavy atom. The van der Waals surface area contributed by atoms with Crippen LogP contribution in [0.25, 0.3) is 0 Å². The van der Waals surface area contributed by atoms with E-state index in [4.69, 9.17) is 13.9 Å². The Hall–Kier alpha value is -2.21. The Bertz CT molecular complexity index is 807. The highest BCUT2D eigenvalue weighted by Crippen LogP contribution is 2.30. The maximum atomic E-state index is 12.6. The maximum absolute atomic E-state index is 12.6. The molecule has 29 heavy (non-hydrogen) atoms. The Labute approximate surface area is 176 Å². The van der Waals surface area contributed by atoms with Crippen molar-refractivity contribution in [2.75, 3.05) is 12.5 Å². The van der Waals surface area contributed by atoms with E-state index in [-0.39, 0.29) is 30.3 Å². The number of thiol groups is 1. The molecule has 0 aliphatic rings. The predicted molar refractivity (Wildman–Crippen MR) is 104 cm³/mol. The van der Waals surface area contributed by atoms with Gasteiger partial charge in [-0.1, -0.05) is 0 Å². The smallest absolute Gasteiger partial charge is 0.457 e. The summed E-state index contributed by atoms with van der Waals surface area (Å²) in [6.45, 7) is 4.76. The molecule has 0 N–H and O–H groups in total. The highest BCUT2D eigenvalue weighted by atomic mass is 32.2. The summed E-state index contributed by atoms with van der Waals surface area (Å²) < 4.78 is 22.4. The zero-order valence-corrected chi connectivity index (χ0v) is 18.1. The molecule has 1 aromatic heterocycles. The molecule has 0 radical (unpaired) electrons. The number of esters is 2. The average Bonchev–Trinajstić information content (AvgIpc) is 2.93. The first-order valence-corrected chi connectivity index (χ1v) is 9.80. The second-order valence-corrected chi connectivity index (χ2v) is 8.23. The van der Waals surface area contributed by atoms with Crippen molar-refractivity contribution in [3.05, 3.63) is 22.1 Å². The van der Waals surface area contributed by atoms with Crippen molar-refractivity contribution in [1.29, 1.82) is 0 Å². The van der Waals surface area contributed by atoms with Crippen LogP contribution in [0.3, 0.4) is 0 Å². The van der Waals surface area contributed by atoms with E-state index in [1.54, 1.807) is 0 Å². The molecule has 162 valence electrons. The molecule has 0 aliphatic heterocycles. The van der Waals surface area contributed by atoms with E-state index < -0.39 is 46.3 Å². The maximum Gasteiger partial charge on any atom is 0.519 e. The third-order valence-corrected chi connectivity index (χ3v) is 5.08. The molecule has 0 saturated heterocycles. The van der Waals surface area contributed by atoms with Crippen molar-refractivity contribution in [3.8, 4) is 0 Å². The van der Waals surface area contributed by atoms with Gasteiger partial charge in [-0.3, -0.25) is 14.4 Å². The highest BCUT2D eigenvalue weighted by molar-refractivity contribution is 8.15. The van der Waals surface area contributed by atoms with Crippen LogP contribution in [-0.4, -0.2) is 40.3 Å². The molecule has 0 fully saturated rings. The van der Waals surface area contributed by atoms with E-state index in [2.05, 4.69) is 21.8 Å². The lowest BCUT2D eigenvalue weighted by Gasteiger charge is -2.23. The summed E-state index contributed by atoms with van der Waals surface area (Å²) in [4.78, 5) is 58.2. The molecule has 1 heterocycles. The van der Waals surface area contributed by atoms with Crippen molar-refractivity contribution in [2.24, 2.45) is 5.92 Å². The molecule has 10 nitrogen and oxygen atoms in total. The zero-order valence-electron chi connectivity index (χ0n) is 16.3. The van der Waals surface area contributed by atoms with Crippen molar-refractivity contribution < 1.29 is 42.2 Å². The zero-order chi connectivity index (χ0) is 22.2. The number of rotatable bonds is 10. The molecule has 1 atom stereocenters. The number of aryl methyl sites for hydroxylation is 1. The molecule has 1 aromatic rings. The molecule has 0 aromatic carbocycles. The first-order valence-electron chi connectivity index (χ1n) is 8.35. The first-order chi connectivity index (χ1) is 13.5. The third kappa shape index (κ3) is 8.36. The number of Topliss-reactive ketones (excluding diaryl/α,β-unsaturated/α-hetero) is 1. The van der Waals surface area contributed by atoms with Crippen LogP contribution in [0.15, 0.2) is 13.6 Å². The van der Waals surface area contributed by atoms with Gasteiger partial charge in [-0.25, -0.2) is 9.59 Å². The Balaban J connectivity index is 2.59. The van der Waals surface area contributed by atoms with Crippen LogP contribution in [0.2, 0.25) is 0 Å². The molecule has 0 aliphatic carbocycles. The number of thioether (sulfide) groups is 1. The van der Waals surface area contributed by atoms with Gasteiger partial charge in [0.05, 0.1) is 10.7 Å². The second kappa shape index (κ2) is 11.1. The minimum Gasteiger partial charge on any atom is -0.457 e. The lowest BCUT2D eigenvalue weighted by atomic mass is 9.97. The van der Waals surface area contributed by atoms with E-state index in [1.165, 1.54) is 20.8 Å². The van der Waals surface area contributed by atoms with E-state index >= 15 is 0 Å². The number of carbonyl (C=O) groups is 4. The minimum atomic E-state index is -1.21. The van der Waals surface area contributed by atoms with Gasteiger partial charge in [0.15, 0.2) is 18.1 Å². The fraction of sp³-hybridized carbons (Fsp3) is 0.588. The van der Waals surface area contributed by atoms with Gasteiger partial charge in [-0.2, -0.15) is 12.6 Å². The van der Waals surface area contributed by atoms with Crippen LogP contribution >= 0.6 is 24.4 Å². The first kappa shape index (κ1) is 24.8. The SMILES string of the molecule is CC(=O)OCOC(=O)SC(C)(C)C(=O)C[C@@H](CS)C(=O)OCc1oc(=O)oc1C. The van der Waals surface area contributed by atoms with E-state index in [0.29, 0.717) is 11.8 Å². The largest absolute Gasteiger partial charge is 0.519 e. The molecule has 0 amide bonds. The standard InChI is InChI=1S/C17H22O10S2/c1-9-12(27-15(21)26-9)6-23-14(20)11(7-28)5-13(19)17(3,4)29-16(22)25-8-24-10(2)18/h11,28H,5-8H2,1-4H3/t11-/m0/s1. The van der Waals surface area contributed by atoms with Gasteiger partial charge in [0.1, 0.15) is 5.78 Å². The fourth-order valence-corrected chi connectivity index (χ4v) is 2.91. The van der Waals surface area contributed by atoms with Gasteiger partial charge < -0.3 is 23.0 Å². The van der Waals surface area contributed by atoms with Gasteiger partial charge in [0, 0.05) is 19.1 Å². The second-order valence-electron chi connectivity index (χ2n) is 6.31. The van der Waals surface area contributed by atoms with Gasteiger partial charge in [-0.05, 0) is 32.5 Å². The van der Waals surface area contributed by atoms with E-state index in [9.17, 15) is 24.0 Å². The van der Waals surface area contributed by atoms with E-state index in [1.807, 2.05) is 0 Å². The number of ether oxygens (including phenoxy) is 3. The van der Waals surface area contributed by atoms with Crippen molar-refractivity contribution in [2.45, 2.75) is 45.5 Å². The van der Waals surface area contributed by atoms with Gasteiger partial charge >= 0.3 is 23.1 Å². The summed E-state index contributed by atoms with van der Waals surface area (Å²) in [5.41, 5.74) is 0. The summed E-state index contributed by atoms with van der Waals surface area (Å²) in [7, 11) is 0. The molecular formula is C17H22O10S2. The third-order valence-electron chi connectivity index (χ3n) is 3.62. The number of hydrogen-bond acceptors (Lipinski definition) is 12. The van der Waals surface area contributed by atoms with Crippen molar-refractivity contribution in [1.82, 2.24) is 0 Å². The van der Waals surface area contributed by atoms with Crippen LogP contribution < -0.4 is 5.82 Å². The summed E-state index contributed by atoms with van der Waals surface area (Å²) in [6.07, 6.45) is -0.228. The summed E-state index contributed by atoms with van der Waals surface area (Å²) in [5, 5.41) is -0.805. The number of carbonyl (C=O) groups excluding carboxylic acids is 4. The molecule has 0 bridgehead atoms. The lowest BCUT2D eigenvalue weighted by molar-refractivity contribution is -0.151. The van der Waals surface area contributed by atoms with Gasteiger partial charge in [0.2, 0.25) is 6.79 Å². The summed E-state index contributed by atoms with van der Waals surface area (Å²) in [5.74, 6) is -3.24. The highest BCUT2D eigenvalue weighted by Gasteiger charge is 2.35. The van der Waals surface area contributed by atoms with Gasteiger partial charge in [0.25, 0.3) is 0 Å². The predicted octanol–water partition coefficient (Wildman–Crippen LogP) is 2.26. The molecule has 0 unspecified atom stereocenters.